The van der Waals surface area contributed by atoms with E-state index >= 15 is 0 Å². The number of rotatable bonds is 2. The number of benzene rings is 4. The molecule has 22 heteroatoms. The number of carbonyl (C=O) groups excluding carboxylic acids is 2. The van der Waals surface area contributed by atoms with Crippen LogP contribution in [0.15, 0.2) is 134 Å². The third-order valence-electron chi connectivity index (χ3n) is 22.3. The predicted molar refractivity (Wildman–Crippen MR) is 362 cm³/mol. The molecule has 0 unspecified atom stereocenters. The lowest BCUT2D eigenvalue weighted by molar-refractivity contribution is -0.0532. The minimum absolute atomic E-state index is 0.109. The number of sulfonamides is 2. The molecule has 2 saturated carbocycles. The van der Waals surface area contributed by atoms with Gasteiger partial charge in [0.05, 0.1) is 46.5 Å². The van der Waals surface area contributed by atoms with Crippen LogP contribution < -0.4 is 28.7 Å². The summed E-state index contributed by atoms with van der Waals surface area (Å²) < 4.78 is 71.4. The van der Waals surface area contributed by atoms with Gasteiger partial charge in [-0.1, -0.05) is 73.5 Å². The highest BCUT2D eigenvalue weighted by Crippen LogP contribution is 2.53. The van der Waals surface area contributed by atoms with Crippen molar-refractivity contribution >= 4 is 66.4 Å². The van der Waals surface area contributed by atoms with Crippen LogP contribution >= 0.6 is 23.2 Å². The number of aryl methyl sites for hydroxylation is 2. The molecule has 0 saturated heterocycles. The van der Waals surface area contributed by atoms with Crippen LogP contribution in [0.2, 0.25) is 10.0 Å². The molecule has 14 rings (SSSR count). The van der Waals surface area contributed by atoms with Gasteiger partial charge in [0.15, 0.2) is 0 Å². The Hall–Kier alpha value is -6.94. The standard InChI is InChI=1S/2C36H41ClN4O5S/c2*1-23-5-3-15-36(43,33-13-16-38-22-39-33)30-10-7-27(30)19-41-20-35(14-4-6-25-17-28(37)9-11-29(25)35)21-46-32-12-8-26(18-31(32)41)34(42)40-47(44,45)24(23)2/h2*3,8-9,11-13,15-18,22-24,27,30,43H,4-7,10,14,19-21H2,1-2H3,(H,40,42)/b2*15-3+/t23-,24+,27-,30+,35-,36+;23-,24+,27-,30+,35-,36-/m00/s1. The lowest BCUT2D eigenvalue weighted by Crippen LogP contribution is -2.51. The zero-order valence-corrected chi connectivity index (χ0v) is 56.6. The maximum absolute atomic E-state index is 13.5. The highest BCUT2D eigenvalue weighted by Gasteiger charge is 2.52. The van der Waals surface area contributed by atoms with E-state index in [1.807, 2.05) is 38.1 Å². The van der Waals surface area contributed by atoms with Crippen molar-refractivity contribution < 1.29 is 46.1 Å². The Bertz CT molecular complexity index is 3910. The number of halogens is 2. The molecule has 2 amide bonds. The van der Waals surface area contributed by atoms with Crippen molar-refractivity contribution in [1.29, 1.82) is 0 Å². The number of aromatic nitrogens is 4. The number of nitrogens with zero attached hydrogens (tertiary/aromatic N) is 6. The molecule has 2 aromatic heterocycles. The lowest BCUT2D eigenvalue weighted by Gasteiger charge is -2.49. The molecule has 2 spiro atoms. The van der Waals surface area contributed by atoms with Crippen LogP contribution in [0.4, 0.5) is 11.4 Å². The summed E-state index contributed by atoms with van der Waals surface area (Å²) in [5.41, 5.74) is 4.58. The van der Waals surface area contributed by atoms with E-state index in [9.17, 15) is 36.6 Å². The van der Waals surface area contributed by atoms with Crippen LogP contribution in [0.3, 0.4) is 0 Å². The molecule has 4 N–H and O–H groups in total. The molecule has 8 aliphatic rings. The van der Waals surface area contributed by atoms with Gasteiger partial charge in [0.25, 0.3) is 11.8 Å². The fourth-order valence-electron chi connectivity index (χ4n) is 16.1. The Morgan fingerprint density at radius 1 is 0.564 bits per heavy atom. The number of aliphatic hydroxyl groups is 2. The molecule has 6 aromatic rings. The summed E-state index contributed by atoms with van der Waals surface area (Å²) in [6.07, 6.45) is 23.5. The zero-order chi connectivity index (χ0) is 66.0. The van der Waals surface area contributed by atoms with E-state index in [0.29, 0.717) is 85.2 Å². The Labute approximate surface area is 561 Å². The molecule has 94 heavy (non-hydrogen) atoms. The first-order valence-corrected chi connectivity index (χ1v) is 36.9. The molecule has 0 radical (unpaired) electrons. The number of hydrogen-bond donors (Lipinski definition) is 4. The van der Waals surface area contributed by atoms with Crippen molar-refractivity contribution in [3.63, 3.8) is 0 Å². The van der Waals surface area contributed by atoms with E-state index < -0.39 is 53.6 Å². The Morgan fingerprint density at radius 2 is 0.989 bits per heavy atom. The van der Waals surface area contributed by atoms with E-state index in [2.05, 4.69) is 63.4 Å². The van der Waals surface area contributed by atoms with E-state index in [-0.39, 0.29) is 57.5 Å². The topological polar surface area (TPSA) is 243 Å². The summed E-state index contributed by atoms with van der Waals surface area (Å²) in [5, 5.41) is 24.6. The monoisotopic (exact) mass is 1350 g/mol. The maximum atomic E-state index is 13.5. The van der Waals surface area contributed by atoms with Crippen LogP contribution in [0.25, 0.3) is 0 Å². The highest BCUT2D eigenvalue weighted by atomic mass is 35.5. The van der Waals surface area contributed by atoms with E-state index in [4.69, 9.17) is 32.7 Å². The van der Waals surface area contributed by atoms with E-state index in [0.717, 1.165) is 75.6 Å². The number of anilines is 2. The van der Waals surface area contributed by atoms with Gasteiger partial charge in [-0.2, -0.15) is 0 Å². The molecular formula is C72H82Cl2N8O10S2. The van der Waals surface area contributed by atoms with Crippen LogP contribution in [0.1, 0.15) is 146 Å². The average Bonchev–Trinajstić information content (AvgIpc) is 1.32. The summed E-state index contributed by atoms with van der Waals surface area (Å²) in [5.74, 6) is -0.726. The number of nitrogens with one attached hydrogen (secondary N) is 2. The zero-order valence-electron chi connectivity index (χ0n) is 53.5. The minimum Gasteiger partial charge on any atom is -0.490 e. The first-order valence-electron chi connectivity index (χ1n) is 33.0. The van der Waals surface area contributed by atoms with Crippen LogP contribution in [0.5, 0.6) is 11.5 Å². The molecule has 12 atom stereocenters. The summed E-state index contributed by atoms with van der Waals surface area (Å²) in [4.78, 5) is 48.7. The van der Waals surface area contributed by atoms with Crippen LogP contribution in [0, 0.1) is 35.5 Å². The predicted octanol–water partition coefficient (Wildman–Crippen LogP) is 11.1. The molecule has 4 aromatic carbocycles. The average molecular weight is 1350 g/mol. The third-order valence-corrected chi connectivity index (χ3v) is 26.6. The van der Waals surface area contributed by atoms with Crippen LogP contribution in [-0.4, -0.2) is 109 Å². The van der Waals surface area contributed by atoms with Gasteiger partial charge in [-0.15, -0.1) is 0 Å². The van der Waals surface area contributed by atoms with Crippen molar-refractivity contribution in [1.82, 2.24) is 29.4 Å². The second-order valence-electron chi connectivity index (χ2n) is 27.9. The fraction of sp³-hybridized carbons (Fsp3) is 0.472. The number of carbonyl (C=O) groups is 2. The first-order chi connectivity index (χ1) is 45.0. The second-order valence-corrected chi connectivity index (χ2v) is 32.8. The van der Waals surface area contributed by atoms with Gasteiger partial charge in [-0.25, -0.2) is 46.2 Å². The minimum atomic E-state index is -4.00. The molecule has 4 bridgehead atoms. The van der Waals surface area contributed by atoms with E-state index in [1.165, 1.54) is 34.9 Å². The normalized spacial score (nSPS) is 32.5. The molecular weight excluding hydrogens is 1270 g/mol. The Balaban J connectivity index is 0.000000171. The van der Waals surface area contributed by atoms with Crippen molar-refractivity contribution in [3.8, 4) is 11.5 Å². The number of allylic oxidation sites excluding steroid dienone is 2. The van der Waals surface area contributed by atoms with E-state index in [1.54, 1.807) is 86.9 Å². The van der Waals surface area contributed by atoms with Crippen molar-refractivity contribution in [2.75, 3.05) is 49.2 Å². The maximum Gasteiger partial charge on any atom is 0.264 e. The number of fused-ring (bicyclic) bond motifs is 8. The quantitative estimate of drug-likeness (QED) is 0.118. The molecule has 18 nitrogen and oxygen atoms in total. The SMILES string of the molecule is C[C@@H]1[C@@H](C)C/C=C/[C@@](O)(c2ccncn2)[C@@H]2CC[C@H]2CN2C[C@@]3(CCCc4cc(Cl)ccc43)COc3ccc(cc32)C(=O)NS1(=O)=O.C[C@@H]1[C@@H](C)C/C=C/[C@](O)(c2ccncn2)[C@@H]2CC[C@H]2CN2C[C@@]3(CCCc4cc(Cl)ccc43)COc3ccc(cc32)C(=O)NS1(=O)=O. The molecule has 4 aliphatic carbocycles. The molecule has 6 heterocycles. The smallest absolute Gasteiger partial charge is 0.264 e. The van der Waals surface area contributed by atoms with Gasteiger partial charge in [-0.05, 0) is 210 Å². The molecule has 496 valence electrons. The Morgan fingerprint density at radius 3 is 1.37 bits per heavy atom. The number of amides is 2. The summed E-state index contributed by atoms with van der Waals surface area (Å²) in [6.45, 7) is 10.3. The van der Waals surface area contributed by atoms with Crippen molar-refractivity contribution in [2.24, 2.45) is 35.5 Å². The molecule has 2 fully saturated rings. The van der Waals surface area contributed by atoms with Crippen molar-refractivity contribution in [3.05, 3.63) is 189 Å². The number of hydrogen-bond acceptors (Lipinski definition) is 16. The summed E-state index contributed by atoms with van der Waals surface area (Å²) in [7, 11) is -8.00. The summed E-state index contributed by atoms with van der Waals surface area (Å²) >= 11 is 12.9. The van der Waals surface area contributed by atoms with Gasteiger partial charge in [-0.3, -0.25) is 9.59 Å². The van der Waals surface area contributed by atoms with Gasteiger partial charge < -0.3 is 29.5 Å². The summed E-state index contributed by atoms with van der Waals surface area (Å²) in [6, 6.07) is 26.1. The third kappa shape index (κ3) is 12.5. The second kappa shape index (κ2) is 25.9. The van der Waals surface area contributed by atoms with Gasteiger partial charge in [0.2, 0.25) is 20.0 Å². The van der Waals surface area contributed by atoms with Crippen LogP contribution in [-0.2, 0) is 54.9 Å². The first kappa shape index (κ1) is 65.7. The Kier molecular flexibility index (Phi) is 18.1. The lowest BCUT2D eigenvalue weighted by atomic mass is 9.63. The van der Waals surface area contributed by atoms with Gasteiger partial charge in [0.1, 0.15) is 35.4 Å². The molecule has 4 aliphatic heterocycles. The highest BCUT2D eigenvalue weighted by molar-refractivity contribution is 7.91. The largest absolute Gasteiger partial charge is 0.490 e. The van der Waals surface area contributed by atoms with Gasteiger partial charge in [0, 0.05) is 82.4 Å². The van der Waals surface area contributed by atoms with Crippen molar-refractivity contribution in [2.45, 2.75) is 137 Å². The number of ether oxygens (including phenoxy) is 2. The fourth-order valence-corrected chi connectivity index (χ4v) is 19.1. The van der Waals surface area contributed by atoms with Gasteiger partial charge >= 0.3 is 0 Å².